The van der Waals surface area contributed by atoms with Crippen LogP contribution >= 0.6 is 24.0 Å². The molecule has 1 aliphatic heterocycles. The zero-order valence-corrected chi connectivity index (χ0v) is 18.5. The van der Waals surface area contributed by atoms with Crippen molar-refractivity contribution in [3.8, 4) is 0 Å². The molecule has 1 aliphatic rings. The van der Waals surface area contributed by atoms with Gasteiger partial charge in [-0.3, -0.25) is 4.99 Å². The van der Waals surface area contributed by atoms with Gasteiger partial charge in [-0.1, -0.05) is 0 Å². The molecule has 3 N–H and O–H groups in total. The quantitative estimate of drug-likeness (QED) is 0.249. The second-order valence-electron chi connectivity index (χ2n) is 6.71. The molecular weight excluding hydrogens is 461 g/mol. The van der Waals surface area contributed by atoms with E-state index in [0.29, 0.717) is 51.6 Å². The minimum absolute atomic E-state index is 0. The molecule has 0 aromatic rings. The lowest BCUT2D eigenvalue weighted by Crippen LogP contribution is -2.53. The van der Waals surface area contributed by atoms with Crippen LogP contribution in [-0.2, 0) is 14.8 Å². The van der Waals surface area contributed by atoms with Crippen LogP contribution in [-0.4, -0.2) is 81.4 Å². The van der Waals surface area contributed by atoms with Crippen molar-refractivity contribution in [2.75, 3.05) is 45.5 Å². The maximum atomic E-state index is 12.0. The highest BCUT2D eigenvalue weighted by molar-refractivity contribution is 14.0. The monoisotopic (exact) mass is 491 g/mol. The Kier molecular flexibility index (Phi) is 10.0. The normalized spacial score (nSPS) is 16.4. The van der Waals surface area contributed by atoms with E-state index < -0.39 is 15.6 Å². The lowest BCUT2D eigenvalue weighted by Gasteiger charge is -2.36. The largest absolute Gasteiger partial charge is 0.444 e. The fraction of sp³-hybridized carbons (Fsp3) is 0.857. The molecule has 0 radical (unpaired) electrons. The summed E-state index contributed by atoms with van der Waals surface area (Å²) in [5.74, 6) is 0.415. The van der Waals surface area contributed by atoms with Gasteiger partial charge in [0.15, 0.2) is 5.96 Å². The molecular formula is C14H30IN5O4S. The summed E-state index contributed by atoms with van der Waals surface area (Å²) in [6.45, 7) is 8.54. The second kappa shape index (κ2) is 10.4. The van der Waals surface area contributed by atoms with Crippen molar-refractivity contribution in [3.63, 3.8) is 0 Å². The third-order valence-corrected chi connectivity index (χ3v) is 3.96. The van der Waals surface area contributed by atoms with Crippen LogP contribution in [0.3, 0.4) is 0 Å². The molecule has 9 nitrogen and oxygen atoms in total. The lowest BCUT2D eigenvalue weighted by atomic mass is 10.2. The molecule has 1 amide bonds. The number of carbonyl (C=O) groups is 1. The molecule has 0 aromatic heterocycles. The Morgan fingerprint density at radius 3 is 2.20 bits per heavy atom. The van der Waals surface area contributed by atoms with E-state index in [1.807, 2.05) is 25.7 Å². The second-order valence-corrected chi connectivity index (χ2v) is 8.55. The number of amides is 1. The van der Waals surface area contributed by atoms with E-state index in [9.17, 15) is 13.2 Å². The number of guanidine groups is 1. The van der Waals surface area contributed by atoms with Crippen LogP contribution in [0.15, 0.2) is 4.99 Å². The number of hydrogen-bond acceptors (Lipinski definition) is 5. The van der Waals surface area contributed by atoms with Gasteiger partial charge >= 0.3 is 6.09 Å². The van der Waals surface area contributed by atoms with Gasteiger partial charge in [0.25, 0.3) is 0 Å². The number of nitrogens with two attached hydrogens (primary N) is 1. The van der Waals surface area contributed by atoms with E-state index in [-0.39, 0.29) is 30.1 Å². The lowest BCUT2D eigenvalue weighted by molar-refractivity contribution is 0.0186. The van der Waals surface area contributed by atoms with Gasteiger partial charge in [0, 0.05) is 39.3 Å². The van der Waals surface area contributed by atoms with Crippen molar-refractivity contribution in [1.29, 1.82) is 0 Å². The molecule has 0 unspecified atom stereocenters. The summed E-state index contributed by atoms with van der Waals surface area (Å²) < 4.78 is 29.6. The first-order valence-electron chi connectivity index (χ1n) is 7.95. The average molecular weight is 491 g/mol. The van der Waals surface area contributed by atoms with Crippen molar-refractivity contribution in [1.82, 2.24) is 14.5 Å². The summed E-state index contributed by atoms with van der Waals surface area (Å²) in [6.07, 6.45) is 1.38. The van der Waals surface area contributed by atoms with Crippen LogP contribution in [0, 0.1) is 0 Å². The summed E-state index contributed by atoms with van der Waals surface area (Å²) in [5, 5.41) is 0. The highest BCUT2D eigenvalue weighted by Crippen LogP contribution is 2.11. The number of aliphatic imine (C=N–C) groups is 1. The number of nitrogens with zero attached hydrogens (tertiary/aromatic N) is 3. The minimum atomic E-state index is -3.16. The van der Waals surface area contributed by atoms with Gasteiger partial charge in [-0.25, -0.2) is 17.9 Å². The average Bonchev–Trinajstić information content (AvgIpc) is 2.44. The maximum absolute atomic E-state index is 12.0. The zero-order valence-electron chi connectivity index (χ0n) is 15.3. The molecule has 1 rings (SSSR count). The highest BCUT2D eigenvalue weighted by atomic mass is 127. The van der Waals surface area contributed by atoms with Crippen LogP contribution in [0.4, 0.5) is 4.79 Å². The topological polar surface area (TPSA) is 117 Å². The highest BCUT2D eigenvalue weighted by Gasteiger charge is 2.26. The van der Waals surface area contributed by atoms with Crippen molar-refractivity contribution < 1.29 is 17.9 Å². The first kappa shape index (κ1) is 24.2. The van der Waals surface area contributed by atoms with Crippen LogP contribution in [0.5, 0.6) is 0 Å². The first-order valence-corrected chi connectivity index (χ1v) is 9.84. The predicted octanol–water partition coefficient (Wildman–Crippen LogP) is 0.411. The van der Waals surface area contributed by atoms with Crippen molar-refractivity contribution in [2.24, 2.45) is 10.7 Å². The van der Waals surface area contributed by atoms with Crippen LogP contribution < -0.4 is 10.5 Å². The zero-order chi connectivity index (χ0) is 18.4. The summed E-state index contributed by atoms with van der Waals surface area (Å²) in [6, 6.07) is 0. The number of carbonyl (C=O) groups excluding carboxylic acids is 1. The molecule has 0 atom stereocenters. The Bertz CT molecular complexity index is 554. The molecule has 11 heteroatoms. The molecule has 0 spiro atoms. The number of hydrogen-bond donors (Lipinski definition) is 2. The van der Waals surface area contributed by atoms with Crippen LogP contribution in [0.1, 0.15) is 27.2 Å². The van der Waals surface area contributed by atoms with Gasteiger partial charge in [0.1, 0.15) is 5.60 Å². The van der Waals surface area contributed by atoms with E-state index in [4.69, 9.17) is 10.5 Å². The Morgan fingerprint density at radius 2 is 1.72 bits per heavy atom. The standard InChI is InChI=1S/C14H29N5O4S.HI/c1-14(2,3)23-13(20)19-10-8-18(9-11-19)12(15)16-6-5-7-17-24(4,21)22;/h17H,5-11H2,1-4H3,(H2,15,16);1H. The van der Waals surface area contributed by atoms with E-state index in [1.54, 1.807) is 4.90 Å². The van der Waals surface area contributed by atoms with Gasteiger partial charge in [-0.2, -0.15) is 0 Å². The van der Waals surface area contributed by atoms with Gasteiger partial charge in [0.05, 0.1) is 6.26 Å². The Labute approximate surface area is 167 Å². The van der Waals surface area contributed by atoms with Crippen molar-refractivity contribution in [3.05, 3.63) is 0 Å². The first-order chi connectivity index (χ1) is 11.0. The molecule has 148 valence electrons. The summed E-state index contributed by atoms with van der Waals surface area (Å²) in [5.41, 5.74) is 5.44. The Balaban J connectivity index is 0.00000576. The SMILES string of the molecule is CC(C)(C)OC(=O)N1CCN(C(N)=NCCCNS(C)(=O)=O)CC1.I. The molecule has 0 bridgehead atoms. The Morgan fingerprint density at radius 1 is 1.20 bits per heavy atom. The number of ether oxygens (including phenoxy) is 1. The van der Waals surface area contributed by atoms with E-state index in [1.165, 1.54) is 0 Å². The number of piperazine rings is 1. The van der Waals surface area contributed by atoms with Crippen molar-refractivity contribution in [2.45, 2.75) is 32.8 Å². The minimum Gasteiger partial charge on any atom is -0.444 e. The molecule has 1 heterocycles. The molecule has 0 saturated carbocycles. The van der Waals surface area contributed by atoms with Crippen LogP contribution in [0.25, 0.3) is 0 Å². The summed E-state index contributed by atoms with van der Waals surface area (Å²) >= 11 is 0. The molecule has 25 heavy (non-hydrogen) atoms. The van der Waals surface area contributed by atoms with E-state index in [2.05, 4.69) is 9.71 Å². The van der Waals surface area contributed by atoms with Gasteiger partial charge in [-0.05, 0) is 27.2 Å². The molecule has 1 saturated heterocycles. The van der Waals surface area contributed by atoms with E-state index in [0.717, 1.165) is 6.26 Å². The van der Waals surface area contributed by atoms with Gasteiger partial charge < -0.3 is 20.3 Å². The molecule has 0 aliphatic carbocycles. The predicted molar refractivity (Wildman–Crippen MR) is 109 cm³/mol. The molecule has 1 fully saturated rings. The number of rotatable bonds is 5. The van der Waals surface area contributed by atoms with Crippen molar-refractivity contribution >= 4 is 46.1 Å². The van der Waals surface area contributed by atoms with E-state index >= 15 is 0 Å². The fourth-order valence-corrected chi connectivity index (χ4v) is 2.59. The number of halogens is 1. The van der Waals surface area contributed by atoms with Gasteiger partial charge in [0.2, 0.25) is 10.0 Å². The fourth-order valence-electron chi connectivity index (χ4n) is 2.07. The molecule has 0 aromatic carbocycles. The number of nitrogens with one attached hydrogen (secondary N) is 1. The van der Waals surface area contributed by atoms with Gasteiger partial charge in [-0.15, -0.1) is 24.0 Å². The smallest absolute Gasteiger partial charge is 0.410 e. The third-order valence-electron chi connectivity index (χ3n) is 3.23. The summed E-state index contributed by atoms with van der Waals surface area (Å²) in [7, 11) is -3.16. The number of sulfonamides is 1. The van der Waals surface area contributed by atoms with Crippen LogP contribution in [0.2, 0.25) is 0 Å². The third kappa shape index (κ3) is 10.7. The Hall–Kier alpha value is -0.820. The summed E-state index contributed by atoms with van der Waals surface area (Å²) in [4.78, 5) is 19.8. The maximum Gasteiger partial charge on any atom is 0.410 e.